The van der Waals surface area contributed by atoms with Gasteiger partial charge in [-0.1, -0.05) is 35.4 Å². The summed E-state index contributed by atoms with van der Waals surface area (Å²) in [4.78, 5) is 4.15. The molecule has 1 aromatic heterocycles. The molecule has 0 aliphatic rings. The molecule has 1 heterocycles. The lowest BCUT2D eigenvalue weighted by Crippen LogP contribution is -2.17. The molecule has 0 aliphatic heterocycles. The van der Waals surface area contributed by atoms with Crippen LogP contribution in [-0.4, -0.2) is 25.7 Å². The molecule has 1 rings (SSSR count). The number of aromatic nitrogens is 3. The van der Waals surface area contributed by atoms with Gasteiger partial charge in [-0.3, -0.25) is 4.68 Å². The summed E-state index contributed by atoms with van der Waals surface area (Å²) < 4.78 is 3.09. The van der Waals surface area contributed by atoms with Crippen LogP contribution in [0.2, 0.25) is 0 Å². The van der Waals surface area contributed by atoms with E-state index in [0.29, 0.717) is 0 Å². The summed E-state index contributed by atoms with van der Waals surface area (Å²) in [5.74, 6) is 1.00. The molecule has 15 heavy (non-hydrogen) atoms. The van der Waals surface area contributed by atoms with Gasteiger partial charge in [0.2, 0.25) is 0 Å². The maximum atomic E-state index is 4.15. The lowest BCUT2D eigenvalue weighted by Gasteiger charge is -2.03. The summed E-state index contributed by atoms with van der Waals surface area (Å²) in [6.45, 7) is 1.90. The third kappa shape index (κ3) is 5.46. The Morgan fingerprint density at radius 3 is 2.80 bits per heavy atom. The number of rotatable bonds is 8. The van der Waals surface area contributed by atoms with Crippen molar-refractivity contribution in [3.63, 3.8) is 0 Å². The largest absolute Gasteiger partial charge is 0.310 e. The van der Waals surface area contributed by atoms with E-state index in [1.807, 2.05) is 11.7 Å². The molecule has 0 aromatic carbocycles. The first kappa shape index (κ1) is 12.9. The number of hydrogen-bond acceptors (Lipinski definition) is 3. The second-order valence-electron chi connectivity index (χ2n) is 3.58. The van der Waals surface area contributed by atoms with E-state index in [1.165, 1.54) is 30.1 Å². The summed E-state index contributed by atoms with van der Waals surface area (Å²) in [6, 6.07) is 0. The van der Waals surface area contributed by atoms with Gasteiger partial charge < -0.3 is 5.32 Å². The topological polar surface area (TPSA) is 42.7 Å². The zero-order chi connectivity index (χ0) is 10.9. The van der Waals surface area contributed by atoms with E-state index < -0.39 is 0 Å². The van der Waals surface area contributed by atoms with Crippen molar-refractivity contribution in [2.24, 2.45) is 7.05 Å². The average Bonchev–Trinajstić information content (AvgIpc) is 2.63. The van der Waals surface area contributed by atoms with Crippen molar-refractivity contribution in [3.8, 4) is 0 Å². The summed E-state index contributed by atoms with van der Waals surface area (Å²) in [7, 11) is 1.92. The van der Waals surface area contributed by atoms with Crippen molar-refractivity contribution in [3.05, 3.63) is 12.2 Å². The lowest BCUT2D eigenvalue weighted by molar-refractivity contribution is 0.572. The minimum atomic E-state index is 0.822. The van der Waals surface area contributed by atoms with Gasteiger partial charge in [-0.2, -0.15) is 5.10 Å². The van der Waals surface area contributed by atoms with Crippen LogP contribution >= 0.6 is 22.6 Å². The van der Waals surface area contributed by atoms with Gasteiger partial charge in [-0.25, -0.2) is 4.98 Å². The van der Waals surface area contributed by atoms with Gasteiger partial charge in [-0.15, -0.1) is 0 Å². The highest BCUT2D eigenvalue weighted by molar-refractivity contribution is 14.1. The predicted octanol–water partition coefficient (Wildman–Crippen LogP) is 1.90. The molecule has 4 nitrogen and oxygen atoms in total. The Hall–Kier alpha value is -0.170. The Kier molecular flexibility index (Phi) is 6.91. The average molecular weight is 322 g/mol. The van der Waals surface area contributed by atoms with E-state index in [4.69, 9.17) is 0 Å². The monoisotopic (exact) mass is 322 g/mol. The molecular weight excluding hydrogens is 303 g/mol. The van der Waals surface area contributed by atoms with Gasteiger partial charge in [0.05, 0.1) is 6.54 Å². The first-order valence-electron chi connectivity index (χ1n) is 5.44. The number of hydrogen-bond donors (Lipinski definition) is 1. The SMILES string of the molecule is Cn1ncnc1CNCCCCCCI. The highest BCUT2D eigenvalue weighted by Crippen LogP contribution is 2.01. The highest BCUT2D eigenvalue weighted by Gasteiger charge is 1.98. The molecule has 0 radical (unpaired) electrons. The molecule has 86 valence electrons. The molecule has 0 fully saturated rings. The Morgan fingerprint density at radius 2 is 2.13 bits per heavy atom. The fraction of sp³-hybridized carbons (Fsp3) is 0.800. The summed E-state index contributed by atoms with van der Waals surface area (Å²) >= 11 is 2.43. The quantitative estimate of drug-likeness (QED) is 0.452. The number of alkyl halides is 1. The predicted molar refractivity (Wildman–Crippen MR) is 70.1 cm³/mol. The third-order valence-electron chi connectivity index (χ3n) is 2.33. The molecule has 5 heteroatoms. The minimum absolute atomic E-state index is 0.822. The number of nitrogens with zero attached hydrogens (tertiary/aromatic N) is 3. The van der Waals surface area contributed by atoms with Crippen molar-refractivity contribution >= 4 is 22.6 Å². The van der Waals surface area contributed by atoms with Gasteiger partial charge >= 0.3 is 0 Å². The van der Waals surface area contributed by atoms with E-state index in [-0.39, 0.29) is 0 Å². The van der Waals surface area contributed by atoms with Crippen molar-refractivity contribution in [1.29, 1.82) is 0 Å². The van der Waals surface area contributed by atoms with Crippen LogP contribution in [0.4, 0.5) is 0 Å². The van der Waals surface area contributed by atoms with Gasteiger partial charge in [0.25, 0.3) is 0 Å². The van der Waals surface area contributed by atoms with Gasteiger partial charge in [-0.05, 0) is 23.8 Å². The van der Waals surface area contributed by atoms with Crippen LogP contribution in [0.1, 0.15) is 31.5 Å². The minimum Gasteiger partial charge on any atom is -0.310 e. The van der Waals surface area contributed by atoms with E-state index >= 15 is 0 Å². The van der Waals surface area contributed by atoms with Gasteiger partial charge in [0.1, 0.15) is 12.2 Å². The van der Waals surface area contributed by atoms with Crippen LogP contribution in [0, 0.1) is 0 Å². The summed E-state index contributed by atoms with van der Waals surface area (Å²) in [5.41, 5.74) is 0. The molecule has 0 amide bonds. The molecular formula is C10H19IN4. The maximum absolute atomic E-state index is 4.15. The van der Waals surface area contributed by atoms with E-state index in [9.17, 15) is 0 Å². The number of unbranched alkanes of at least 4 members (excludes halogenated alkanes) is 3. The summed E-state index contributed by atoms with van der Waals surface area (Å²) in [5, 5.41) is 7.40. The Bertz CT molecular complexity index is 262. The summed E-state index contributed by atoms with van der Waals surface area (Å²) in [6.07, 6.45) is 6.89. The Labute approximate surface area is 105 Å². The van der Waals surface area contributed by atoms with E-state index in [1.54, 1.807) is 6.33 Å². The molecule has 0 saturated heterocycles. The number of nitrogens with one attached hydrogen (secondary N) is 1. The first-order valence-corrected chi connectivity index (χ1v) is 6.96. The zero-order valence-electron chi connectivity index (χ0n) is 9.25. The molecule has 0 aliphatic carbocycles. The molecule has 1 N–H and O–H groups in total. The van der Waals surface area contributed by atoms with Crippen LogP contribution in [0.5, 0.6) is 0 Å². The second-order valence-corrected chi connectivity index (χ2v) is 4.66. The van der Waals surface area contributed by atoms with Gasteiger partial charge in [0, 0.05) is 7.05 Å². The molecule has 0 bridgehead atoms. The van der Waals surface area contributed by atoms with Crippen LogP contribution in [0.3, 0.4) is 0 Å². The Morgan fingerprint density at radius 1 is 1.33 bits per heavy atom. The van der Waals surface area contributed by atoms with Crippen molar-refractivity contribution in [1.82, 2.24) is 20.1 Å². The van der Waals surface area contributed by atoms with Crippen molar-refractivity contribution in [2.45, 2.75) is 32.2 Å². The van der Waals surface area contributed by atoms with Crippen LogP contribution in [0.15, 0.2) is 6.33 Å². The molecule has 1 aromatic rings. The van der Waals surface area contributed by atoms with Crippen LogP contribution in [-0.2, 0) is 13.6 Å². The van der Waals surface area contributed by atoms with Crippen molar-refractivity contribution < 1.29 is 0 Å². The molecule has 0 saturated carbocycles. The maximum Gasteiger partial charge on any atom is 0.140 e. The van der Waals surface area contributed by atoms with Crippen LogP contribution < -0.4 is 5.32 Å². The van der Waals surface area contributed by atoms with E-state index in [0.717, 1.165) is 18.9 Å². The van der Waals surface area contributed by atoms with E-state index in [2.05, 4.69) is 38.0 Å². The molecule has 0 spiro atoms. The number of halogens is 1. The fourth-order valence-corrected chi connectivity index (χ4v) is 1.92. The zero-order valence-corrected chi connectivity index (χ0v) is 11.4. The molecule has 0 atom stereocenters. The normalized spacial score (nSPS) is 10.8. The standard InChI is InChI=1S/C10H19IN4/c1-15-10(13-9-14-15)8-12-7-5-3-2-4-6-11/h9,12H,2-8H2,1H3. The second kappa shape index (κ2) is 8.04. The van der Waals surface area contributed by atoms with Gasteiger partial charge in [0.15, 0.2) is 0 Å². The number of aryl methyl sites for hydroxylation is 1. The third-order valence-corrected chi connectivity index (χ3v) is 3.09. The highest BCUT2D eigenvalue weighted by atomic mass is 127. The Balaban J connectivity index is 1.96. The van der Waals surface area contributed by atoms with Crippen LogP contribution in [0.25, 0.3) is 0 Å². The fourth-order valence-electron chi connectivity index (χ4n) is 1.38. The smallest absolute Gasteiger partial charge is 0.140 e. The lowest BCUT2D eigenvalue weighted by atomic mass is 10.2. The molecule has 0 unspecified atom stereocenters. The van der Waals surface area contributed by atoms with Crippen molar-refractivity contribution in [2.75, 3.05) is 11.0 Å². The first-order chi connectivity index (χ1) is 7.34.